The molecule has 8 heteroatoms. The summed E-state index contributed by atoms with van der Waals surface area (Å²) in [4.78, 5) is 19.9. The molecule has 1 aliphatic heterocycles. The number of aliphatic hydroxyl groups excluding tert-OH is 1. The molecule has 0 spiro atoms. The van der Waals surface area contributed by atoms with Crippen LogP contribution in [0.5, 0.6) is 0 Å². The number of nitrogens with one attached hydrogen (secondary N) is 1. The van der Waals surface area contributed by atoms with E-state index in [9.17, 15) is 15.2 Å². The molecule has 2 aromatic heterocycles. The summed E-state index contributed by atoms with van der Waals surface area (Å²) < 4.78 is 6.85. The number of morpholine rings is 1. The van der Waals surface area contributed by atoms with Gasteiger partial charge in [0, 0.05) is 31.4 Å². The monoisotopic (exact) mass is 455 g/mol. The molecule has 0 bridgehead atoms. The van der Waals surface area contributed by atoms with Gasteiger partial charge in [-0.1, -0.05) is 24.3 Å². The first-order valence-electron chi connectivity index (χ1n) is 11.3. The van der Waals surface area contributed by atoms with Crippen LogP contribution in [-0.4, -0.2) is 51.9 Å². The molecular formula is C26H25N5O3. The number of benzene rings is 2. The molecule has 0 amide bonds. The number of imidazole rings is 1. The number of nitrogens with zero attached hydrogens (tertiary/aromatic N) is 4. The Morgan fingerprint density at radius 3 is 2.68 bits per heavy atom. The number of rotatable bonds is 5. The summed E-state index contributed by atoms with van der Waals surface area (Å²) in [6.45, 7) is 4.51. The van der Waals surface area contributed by atoms with Gasteiger partial charge in [-0.25, -0.2) is 4.98 Å². The van der Waals surface area contributed by atoms with Gasteiger partial charge < -0.3 is 15.2 Å². The highest BCUT2D eigenvalue weighted by molar-refractivity contribution is 5.82. The molecular weight excluding hydrogens is 430 g/mol. The van der Waals surface area contributed by atoms with E-state index in [1.54, 1.807) is 13.1 Å². The molecule has 34 heavy (non-hydrogen) atoms. The fourth-order valence-electron chi connectivity index (χ4n) is 4.39. The third kappa shape index (κ3) is 4.01. The summed E-state index contributed by atoms with van der Waals surface area (Å²) in [5.41, 5.74) is 4.31. The summed E-state index contributed by atoms with van der Waals surface area (Å²) >= 11 is 0. The zero-order valence-corrected chi connectivity index (χ0v) is 18.9. The third-order valence-corrected chi connectivity index (χ3v) is 6.33. The van der Waals surface area contributed by atoms with Gasteiger partial charge in [0.05, 0.1) is 35.0 Å². The van der Waals surface area contributed by atoms with Crippen LogP contribution in [0.15, 0.2) is 53.3 Å². The predicted molar refractivity (Wildman–Crippen MR) is 130 cm³/mol. The molecule has 3 heterocycles. The number of anilines is 1. The number of fused-ring (bicyclic) bond motifs is 3. The molecule has 2 aromatic carbocycles. The van der Waals surface area contributed by atoms with Crippen LogP contribution in [0.3, 0.4) is 0 Å². The van der Waals surface area contributed by atoms with Gasteiger partial charge in [0.25, 0.3) is 5.56 Å². The molecule has 0 aliphatic carbocycles. The molecule has 4 aromatic rings. The van der Waals surface area contributed by atoms with Gasteiger partial charge in [0.15, 0.2) is 5.65 Å². The number of para-hydroxylation sites is 2. The second kappa shape index (κ2) is 9.23. The van der Waals surface area contributed by atoms with E-state index < -0.39 is 6.23 Å². The number of hydrogen-bond donors (Lipinski definition) is 2. The first-order chi connectivity index (χ1) is 16.6. The smallest absolute Gasteiger partial charge is 0.265 e. The van der Waals surface area contributed by atoms with Crippen molar-refractivity contribution in [3.63, 3.8) is 0 Å². The van der Waals surface area contributed by atoms with Gasteiger partial charge >= 0.3 is 0 Å². The fraction of sp³-hybridized carbons (Fsp3) is 0.269. The van der Waals surface area contributed by atoms with Gasteiger partial charge in [-0.3, -0.25) is 14.1 Å². The van der Waals surface area contributed by atoms with Crippen LogP contribution in [0, 0.1) is 18.3 Å². The van der Waals surface area contributed by atoms with Gasteiger partial charge in [-0.15, -0.1) is 0 Å². The normalized spacial score (nSPS) is 16.1. The Balaban J connectivity index is 1.43. The molecule has 0 radical (unpaired) electrons. The van der Waals surface area contributed by atoms with Crippen molar-refractivity contribution in [3.05, 3.63) is 80.8 Å². The van der Waals surface area contributed by atoms with Crippen molar-refractivity contribution >= 4 is 28.6 Å². The molecule has 1 aliphatic rings. The SMILES string of the molecule is Cc1c(C#N)c2nc3ccccc3n2c(=O)/c1=C\Nc1ccc(CC(O)N2CCOCC2)cc1. The summed E-state index contributed by atoms with van der Waals surface area (Å²) in [5, 5.41) is 23.9. The van der Waals surface area contributed by atoms with Crippen LogP contribution in [-0.2, 0) is 11.2 Å². The average molecular weight is 456 g/mol. The Kier molecular flexibility index (Phi) is 5.99. The maximum absolute atomic E-state index is 13.3. The van der Waals surface area contributed by atoms with Gasteiger partial charge in [-0.2, -0.15) is 5.26 Å². The van der Waals surface area contributed by atoms with Crippen molar-refractivity contribution in [2.75, 3.05) is 31.6 Å². The van der Waals surface area contributed by atoms with Crippen molar-refractivity contribution in [3.8, 4) is 6.07 Å². The fourth-order valence-corrected chi connectivity index (χ4v) is 4.39. The van der Waals surface area contributed by atoms with Crippen LogP contribution < -0.4 is 16.1 Å². The minimum absolute atomic E-state index is 0.224. The van der Waals surface area contributed by atoms with Crippen molar-refractivity contribution in [1.29, 1.82) is 5.26 Å². The number of nitriles is 1. The maximum Gasteiger partial charge on any atom is 0.265 e. The molecule has 1 fully saturated rings. The lowest BCUT2D eigenvalue weighted by atomic mass is 10.1. The predicted octanol–water partition coefficient (Wildman–Crippen LogP) is 1.79. The lowest BCUT2D eigenvalue weighted by Gasteiger charge is -2.31. The molecule has 1 atom stereocenters. The van der Waals surface area contributed by atoms with Crippen molar-refractivity contribution in [2.45, 2.75) is 19.6 Å². The summed E-state index contributed by atoms with van der Waals surface area (Å²) in [7, 11) is 0. The quantitative estimate of drug-likeness (QED) is 0.473. The van der Waals surface area contributed by atoms with Gasteiger partial charge in [-0.05, 0) is 42.3 Å². The largest absolute Gasteiger partial charge is 0.379 e. The van der Waals surface area contributed by atoms with Crippen LogP contribution in [0.2, 0.25) is 0 Å². The Hall–Kier alpha value is -3.77. The first-order valence-corrected chi connectivity index (χ1v) is 11.3. The topological polar surface area (TPSA) is 103 Å². The number of aromatic nitrogens is 2. The summed E-state index contributed by atoms with van der Waals surface area (Å²) in [5.74, 6) is 0. The number of aliphatic hydroxyl groups is 1. The Morgan fingerprint density at radius 2 is 1.94 bits per heavy atom. The molecule has 172 valence electrons. The van der Waals surface area contributed by atoms with Gasteiger partial charge in [0.2, 0.25) is 0 Å². The second-order valence-corrected chi connectivity index (χ2v) is 8.41. The van der Waals surface area contributed by atoms with E-state index in [4.69, 9.17) is 4.74 Å². The lowest BCUT2D eigenvalue weighted by Crippen LogP contribution is -2.44. The van der Waals surface area contributed by atoms with E-state index in [0.717, 1.165) is 24.3 Å². The summed E-state index contributed by atoms with van der Waals surface area (Å²) in [6.07, 6.45) is 1.63. The second-order valence-electron chi connectivity index (χ2n) is 8.41. The highest BCUT2D eigenvalue weighted by Crippen LogP contribution is 2.18. The van der Waals surface area contributed by atoms with Crippen molar-refractivity contribution in [2.24, 2.45) is 0 Å². The number of pyridine rings is 1. The van der Waals surface area contributed by atoms with Crippen LogP contribution >= 0.6 is 0 Å². The van der Waals surface area contributed by atoms with Crippen LogP contribution in [0.1, 0.15) is 16.7 Å². The molecule has 5 rings (SSSR count). The van der Waals surface area contributed by atoms with E-state index in [0.29, 0.717) is 52.7 Å². The van der Waals surface area contributed by atoms with Gasteiger partial charge in [0.1, 0.15) is 12.3 Å². The van der Waals surface area contributed by atoms with E-state index in [-0.39, 0.29) is 5.56 Å². The van der Waals surface area contributed by atoms with Crippen LogP contribution in [0.25, 0.3) is 22.9 Å². The minimum atomic E-state index is -0.541. The van der Waals surface area contributed by atoms with Crippen molar-refractivity contribution in [1.82, 2.24) is 14.3 Å². The third-order valence-electron chi connectivity index (χ3n) is 6.33. The number of hydrogen-bond acceptors (Lipinski definition) is 7. The van der Waals surface area contributed by atoms with E-state index >= 15 is 0 Å². The molecule has 0 saturated carbocycles. The minimum Gasteiger partial charge on any atom is -0.379 e. The van der Waals surface area contributed by atoms with E-state index in [1.807, 2.05) is 53.4 Å². The highest BCUT2D eigenvalue weighted by atomic mass is 16.5. The average Bonchev–Trinajstić information content (AvgIpc) is 3.25. The molecule has 1 saturated heterocycles. The number of ether oxygens (including phenoxy) is 1. The highest BCUT2D eigenvalue weighted by Gasteiger charge is 2.19. The van der Waals surface area contributed by atoms with Crippen molar-refractivity contribution < 1.29 is 9.84 Å². The maximum atomic E-state index is 13.3. The standard InChI is InChI=1S/C26H25N5O3/c1-17-20(15-27)25-29-22-4-2-3-5-23(22)31(25)26(33)21(17)16-28-19-8-6-18(7-9-19)14-24(32)30-10-12-34-13-11-30/h2-9,16,24,28,32H,10-14H2,1H3/b21-16-. The Labute approximate surface area is 196 Å². The molecule has 8 nitrogen and oxygen atoms in total. The molecule has 2 N–H and O–H groups in total. The summed E-state index contributed by atoms with van der Waals surface area (Å²) in [6, 6.07) is 17.3. The molecule has 1 unspecified atom stereocenters. The van der Waals surface area contributed by atoms with Crippen LogP contribution in [0.4, 0.5) is 5.69 Å². The first kappa shape index (κ1) is 22.0. The van der Waals surface area contributed by atoms with E-state index in [1.165, 1.54) is 4.40 Å². The Morgan fingerprint density at radius 1 is 1.21 bits per heavy atom. The Bertz CT molecular complexity index is 1500. The zero-order valence-electron chi connectivity index (χ0n) is 18.9. The zero-order chi connectivity index (χ0) is 23.7. The van der Waals surface area contributed by atoms with E-state index in [2.05, 4.69) is 16.4 Å². The lowest BCUT2D eigenvalue weighted by molar-refractivity contribution is -0.0575.